The third kappa shape index (κ3) is 8.05. The molecule has 1 aromatic carbocycles. The number of rotatable bonds is 9. The van der Waals surface area contributed by atoms with Gasteiger partial charge in [0.25, 0.3) is 0 Å². The second-order valence-electron chi connectivity index (χ2n) is 7.55. The van der Waals surface area contributed by atoms with Gasteiger partial charge in [0.05, 0.1) is 0 Å². The fourth-order valence-electron chi connectivity index (χ4n) is 3.37. The fraction of sp³-hybridized carbons (Fsp3) is 0.667. The van der Waals surface area contributed by atoms with E-state index in [1.54, 1.807) is 7.05 Å². The molecule has 0 amide bonds. The molecule has 0 bridgehead atoms. The molecule has 160 valence electrons. The van der Waals surface area contributed by atoms with E-state index >= 15 is 0 Å². The molecule has 2 rings (SSSR count). The summed E-state index contributed by atoms with van der Waals surface area (Å²) >= 11 is 6.52. The third-order valence-corrected chi connectivity index (χ3v) is 5.25. The summed E-state index contributed by atoms with van der Waals surface area (Å²) in [6, 6.07) is 8.15. The highest BCUT2D eigenvalue weighted by Crippen LogP contribution is 2.38. The van der Waals surface area contributed by atoms with Crippen molar-refractivity contribution in [2.45, 2.75) is 38.5 Å². The number of nitrogens with zero attached hydrogens (tertiary/aromatic N) is 1. The lowest BCUT2D eigenvalue weighted by atomic mass is 9.74. The van der Waals surface area contributed by atoms with Crippen LogP contribution >= 0.6 is 35.6 Å². The maximum atomic E-state index is 6.52. The van der Waals surface area contributed by atoms with Gasteiger partial charge in [-0.15, -0.1) is 24.0 Å². The lowest BCUT2D eigenvalue weighted by Gasteiger charge is -2.38. The van der Waals surface area contributed by atoms with Gasteiger partial charge in [-0.05, 0) is 36.8 Å². The lowest BCUT2D eigenvalue weighted by molar-refractivity contribution is 0.0514. The van der Waals surface area contributed by atoms with Crippen LogP contribution in [0.4, 0.5) is 0 Å². The maximum Gasteiger partial charge on any atom is 0.191 e. The molecular formula is C21H35ClIN3O2. The molecule has 1 aliphatic heterocycles. The molecule has 0 aromatic heterocycles. The first-order valence-electron chi connectivity index (χ1n) is 9.92. The minimum atomic E-state index is -0.0331. The van der Waals surface area contributed by atoms with Gasteiger partial charge in [0.15, 0.2) is 5.96 Å². The van der Waals surface area contributed by atoms with E-state index < -0.39 is 0 Å². The number of ether oxygens (including phenoxy) is 2. The van der Waals surface area contributed by atoms with Crippen LogP contribution in [-0.4, -0.2) is 52.5 Å². The van der Waals surface area contributed by atoms with Crippen LogP contribution in [0, 0.1) is 5.92 Å². The molecule has 5 nitrogen and oxygen atoms in total. The van der Waals surface area contributed by atoms with E-state index in [1.165, 1.54) is 5.56 Å². The van der Waals surface area contributed by atoms with Crippen LogP contribution in [-0.2, 0) is 14.9 Å². The van der Waals surface area contributed by atoms with Crippen molar-refractivity contribution in [2.24, 2.45) is 10.9 Å². The molecule has 1 aromatic rings. The lowest BCUT2D eigenvalue weighted by Crippen LogP contribution is -2.48. The Hall–Kier alpha value is -0.570. The fourth-order valence-corrected chi connectivity index (χ4v) is 3.70. The van der Waals surface area contributed by atoms with Gasteiger partial charge in [0.2, 0.25) is 0 Å². The zero-order valence-corrected chi connectivity index (χ0v) is 20.4. The zero-order valence-electron chi connectivity index (χ0n) is 17.3. The van der Waals surface area contributed by atoms with Crippen LogP contribution in [0.2, 0.25) is 5.02 Å². The molecule has 1 heterocycles. The SMILES string of the molecule is CN=C(NCCCOCC(C)C)NCC1(c2ccccc2Cl)CCOCC1.I. The van der Waals surface area contributed by atoms with Gasteiger partial charge in [-0.25, -0.2) is 0 Å². The second-order valence-corrected chi connectivity index (χ2v) is 7.95. The Morgan fingerprint density at radius 2 is 1.96 bits per heavy atom. The van der Waals surface area contributed by atoms with Crippen molar-refractivity contribution in [2.75, 3.05) is 46.6 Å². The quantitative estimate of drug-likeness (QED) is 0.220. The number of halogens is 2. The highest BCUT2D eigenvalue weighted by Gasteiger charge is 2.36. The predicted octanol–water partition coefficient (Wildman–Crippen LogP) is 4.23. The van der Waals surface area contributed by atoms with Crippen LogP contribution in [0.1, 0.15) is 38.7 Å². The average Bonchev–Trinajstić information content (AvgIpc) is 2.67. The van der Waals surface area contributed by atoms with Crippen molar-refractivity contribution < 1.29 is 9.47 Å². The van der Waals surface area contributed by atoms with Crippen LogP contribution in [0.25, 0.3) is 0 Å². The van der Waals surface area contributed by atoms with Gasteiger partial charge in [-0.2, -0.15) is 0 Å². The van der Waals surface area contributed by atoms with Crippen molar-refractivity contribution in [3.63, 3.8) is 0 Å². The molecule has 1 aliphatic rings. The van der Waals surface area contributed by atoms with E-state index in [0.29, 0.717) is 5.92 Å². The number of nitrogens with one attached hydrogen (secondary N) is 2. The number of benzene rings is 1. The van der Waals surface area contributed by atoms with Crippen molar-refractivity contribution in [1.29, 1.82) is 0 Å². The van der Waals surface area contributed by atoms with E-state index in [9.17, 15) is 0 Å². The summed E-state index contributed by atoms with van der Waals surface area (Å²) in [5, 5.41) is 7.70. The minimum Gasteiger partial charge on any atom is -0.381 e. The van der Waals surface area contributed by atoms with E-state index in [0.717, 1.165) is 69.8 Å². The maximum absolute atomic E-state index is 6.52. The molecule has 0 atom stereocenters. The van der Waals surface area contributed by atoms with Gasteiger partial charge in [0.1, 0.15) is 0 Å². The van der Waals surface area contributed by atoms with Gasteiger partial charge in [0, 0.05) is 57.0 Å². The summed E-state index contributed by atoms with van der Waals surface area (Å²) in [4.78, 5) is 4.36. The Kier molecular flexibility index (Phi) is 12.4. The molecule has 2 N–H and O–H groups in total. The highest BCUT2D eigenvalue weighted by atomic mass is 127. The zero-order chi connectivity index (χ0) is 19.5. The van der Waals surface area contributed by atoms with E-state index in [1.807, 2.05) is 12.1 Å². The topological polar surface area (TPSA) is 54.9 Å². The summed E-state index contributed by atoms with van der Waals surface area (Å²) in [6.45, 7) is 9.03. The molecule has 28 heavy (non-hydrogen) atoms. The van der Waals surface area contributed by atoms with Gasteiger partial charge in [-0.3, -0.25) is 4.99 Å². The Balaban J connectivity index is 0.00000392. The predicted molar refractivity (Wildman–Crippen MR) is 128 cm³/mol. The van der Waals surface area contributed by atoms with Crippen LogP contribution in [0.15, 0.2) is 29.3 Å². The van der Waals surface area contributed by atoms with Crippen LogP contribution in [0.5, 0.6) is 0 Å². The second kappa shape index (κ2) is 13.6. The molecule has 0 radical (unpaired) electrons. The normalized spacial score (nSPS) is 16.5. The molecule has 0 saturated carbocycles. The summed E-state index contributed by atoms with van der Waals surface area (Å²) in [5.74, 6) is 1.39. The summed E-state index contributed by atoms with van der Waals surface area (Å²) in [6.07, 6.45) is 2.85. The highest BCUT2D eigenvalue weighted by molar-refractivity contribution is 14.0. The number of guanidine groups is 1. The number of aliphatic imine (C=N–C) groups is 1. The van der Waals surface area contributed by atoms with Gasteiger partial charge < -0.3 is 20.1 Å². The Labute approximate surface area is 192 Å². The first-order chi connectivity index (χ1) is 13.1. The molecular weight excluding hydrogens is 489 g/mol. The Morgan fingerprint density at radius 1 is 1.25 bits per heavy atom. The molecule has 0 unspecified atom stereocenters. The summed E-state index contributed by atoms with van der Waals surface area (Å²) in [7, 11) is 1.80. The van der Waals surface area contributed by atoms with E-state index in [2.05, 4.69) is 41.6 Å². The third-order valence-electron chi connectivity index (χ3n) is 4.92. The molecule has 0 spiro atoms. The smallest absolute Gasteiger partial charge is 0.191 e. The monoisotopic (exact) mass is 523 g/mol. The number of hydrogen-bond donors (Lipinski definition) is 2. The largest absolute Gasteiger partial charge is 0.381 e. The van der Waals surface area contributed by atoms with Crippen molar-refractivity contribution >= 4 is 41.5 Å². The first kappa shape index (κ1) is 25.5. The van der Waals surface area contributed by atoms with E-state index in [-0.39, 0.29) is 29.4 Å². The van der Waals surface area contributed by atoms with Crippen LogP contribution < -0.4 is 10.6 Å². The minimum absolute atomic E-state index is 0. The van der Waals surface area contributed by atoms with Gasteiger partial charge in [-0.1, -0.05) is 43.6 Å². The summed E-state index contributed by atoms with van der Waals surface area (Å²) in [5.41, 5.74) is 1.16. The standard InChI is InChI=1S/C21H34ClN3O2.HI/c1-17(2)15-27-12-6-11-24-20(23-3)25-16-21(9-13-26-14-10-21)18-7-4-5-8-19(18)22;/h4-5,7-8,17H,6,9-16H2,1-3H3,(H2,23,24,25);1H. The Bertz CT molecular complexity index is 593. The summed E-state index contributed by atoms with van der Waals surface area (Å²) < 4.78 is 11.2. The Morgan fingerprint density at radius 3 is 2.61 bits per heavy atom. The molecule has 1 saturated heterocycles. The van der Waals surface area contributed by atoms with E-state index in [4.69, 9.17) is 21.1 Å². The van der Waals surface area contributed by atoms with Crippen molar-refractivity contribution in [3.05, 3.63) is 34.9 Å². The van der Waals surface area contributed by atoms with Gasteiger partial charge >= 0.3 is 0 Å². The number of hydrogen-bond acceptors (Lipinski definition) is 3. The average molecular weight is 524 g/mol. The van der Waals surface area contributed by atoms with Crippen LogP contribution in [0.3, 0.4) is 0 Å². The molecule has 7 heteroatoms. The van der Waals surface area contributed by atoms with Crippen molar-refractivity contribution in [1.82, 2.24) is 10.6 Å². The first-order valence-corrected chi connectivity index (χ1v) is 10.3. The molecule has 1 fully saturated rings. The van der Waals surface area contributed by atoms with Crippen molar-refractivity contribution in [3.8, 4) is 0 Å². The molecule has 0 aliphatic carbocycles.